The van der Waals surface area contributed by atoms with Gasteiger partial charge in [0.05, 0.1) is 17.7 Å². The molecule has 1 N–H and O–H groups in total. The fraction of sp³-hybridized carbons (Fsp3) is 0.417. The predicted molar refractivity (Wildman–Crippen MR) is 60.7 cm³/mol. The molecule has 80 valence electrons. The van der Waals surface area contributed by atoms with Crippen LogP contribution in [-0.2, 0) is 0 Å². The number of aliphatic hydroxyl groups excluding tert-OH is 1. The highest BCUT2D eigenvalue weighted by Crippen LogP contribution is 2.26. The molecule has 0 aliphatic rings. The summed E-state index contributed by atoms with van der Waals surface area (Å²) in [7, 11) is 1.95. The molecular formula is C12H16N2O. The van der Waals surface area contributed by atoms with Crippen LogP contribution in [0.4, 0.5) is 5.69 Å². The van der Waals surface area contributed by atoms with E-state index in [-0.39, 0.29) is 0 Å². The highest BCUT2D eigenvalue weighted by molar-refractivity contribution is 5.57. The third kappa shape index (κ3) is 2.48. The number of rotatable bonds is 3. The minimum Gasteiger partial charge on any atom is -0.389 e. The largest absolute Gasteiger partial charge is 0.389 e. The monoisotopic (exact) mass is 204 g/mol. The van der Waals surface area contributed by atoms with Gasteiger partial charge in [0.25, 0.3) is 0 Å². The summed E-state index contributed by atoms with van der Waals surface area (Å²) in [4.78, 5) is 2.02. The lowest BCUT2D eigenvalue weighted by atomic mass is 10.0. The Kier molecular flexibility index (Phi) is 3.70. The van der Waals surface area contributed by atoms with E-state index in [0.29, 0.717) is 5.56 Å². The molecule has 1 rings (SSSR count). The second kappa shape index (κ2) is 4.81. The molecule has 1 aromatic carbocycles. The van der Waals surface area contributed by atoms with Crippen molar-refractivity contribution >= 4 is 5.69 Å². The van der Waals surface area contributed by atoms with Gasteiger partial charge in [0.15, 0.2) is 0 Å². The molecule has 3 heteroatoms. The van der Waals surface area contributed by atoms with Crippen LogP contribution in [0.15, 0.2) is 18.2 Å². The van der Waals surface area contributed by atoms with Crippen molar-refractivity contribution in [1.29, 1.82) is 5.26 Å². The average Bonchev–Trinajstić information content (AvgIpc) is 2.26. The number of hydrogen-bond acceptors (Lipinski definition) is 3. The van der Waals surface area contributed by atoms with Crippen molar-refractivity contribution in [2.75, 3.05) is 18.5 Å². The number of benzene rings is 1. The van der Waals surface area contributed by atoms with E-state index in [1.54, 1.807) is 13.0 Å². The van der Waals surface area contributed by atoms with Crippen LogP contribution in [0.1, 0.15) is 31.1 Å². The summed E-state index contributed by atoms with van der Waals surface area (Å²) in [6.45, 7) is 4.61. The molecule has 0 aliphatic heterocycles. The van der Waals surface area contributed by atoms with E-state index in [1.807, 2.05) is 31.0 Å². The Bertz CT molecular complexity index is 380. The Morgan fingerprint density at radius 2 is 2.20 bits per heavy atom. The van der Waals surface area contributed by atoms with E-state index >= 15 is 0 Å². The van der Waals surface area contributed by atoms with Crippen LogP contribution in [0.5, 0.6) is 0 Å². The van der Waals surface area contributed by atoms with Crippen molar-refractivity contribution in [3.63, 3.8) is 0 Å². The predicted octanol–water partition coefficient (Wildman–Crippen LogP) is 2.07. The van der Waals surface area contributed by atoms with Gasteiger partial charge >= 0.3 is 0 Å². The van der Waals surface area contributed by atoms with Crippen molar-refractivity contribution in [2.24, 2.45) is 0 Å². The third-order valence-corrected chi connectivity index (χ3v) is 2.50. The first-order chi connectivity index (χ1) is 7.10. The molecule has 0 bridgehead atoms. The number of nitriles is 1. The summed E-state index contributed by atoms with van der Waals surface area (Å²) in [5, 5.41) is 18.4. The summed E-state index contributed by atoms with van der Waals surface area (Å²) in [5.74, 6) is 0. The summed E-state index contributed by atoms with van der Waals surface area (Å²) in [5.41, 5.74) is 2.40. The van der Waals surface area contributed by atoms with Crippen LogP contribution in [0.25, 0.3) is 0 Å². The lowest BCUT2D eigenvalue weighted by molar-refractivity contribution is 0.199. The Hall–Kier alpha value is -1.53. The van der Waals surface area contributed by atoms with E-state index in [1.165, 1.54) is 0 Å². The van der Waals surface area contributed by atoms with E-state index in [2.05, 4.69) is 6.07 Å². The first-order valence-corrected chi connectivity index (χ1v) is 5.03. The van der Waals surface area contributed by atoms with Gasteiger partial charge in [-0.2, -0.15) is 5.26 Å². The Morgan fingerprint density at radius 3 is 2.67 bits per heavy atom. The van der Waals surface area contributed by atoms with Gasteiger partial charge in [-0.15, -0.1) is 0 Å². The molecule has 0 aliphatic carbocycles. The van der Waals surface area contributed by atoms with Crippen molar-refractivity contribution in [2.45, 2.75) is 20.0 Å². The summed E-state index contributed by atoms with van der Waals surface area (Å²) in [6.07, 6.45) is -0.512. The SMILES string of the molecule is CCN(C)c1cc(C#N)ccc1[C@H](C)O. The Labute approximate surface area is 90.6 Å². The molecule has 0 heterocycles. The Morgan fingerprint density at radius 1 is 1.53 bits per heavy atom. The summed E-state index contributed by atoms with van der Waals surface area (Å²) < 4.78 is 0. The quantitative estimate of drug-likeness (QED) is 0.819. The zero-order valence-corrected chi connectivity index (χ0v) is 9.36. The first kappa shape index (κ1) is 11.5. The molecule has 0 radical (unpaired) electrons. The van der Waals surface area contributed by atoms with Gasteiger partial charge in [-0.3, -0.25) is 0 Å². The zero-order chi connectivity index (χ0) is 11.4. The van der Waals surface area contributed by atoms with Crippen LogP contribution in [-0.4, -0.2) is 18.7 Å². The maximum Gasteiger partial charge on any atom is 0.0992 e. The molecule has 1 aromatic rings. The Balaban J connectivity index is 3.23. The molecule has 0 aromatic heterocycles. The zero-order valence-electron chi connectivity index (χ0n) is 9.36. The smallest absolute Gasteiger partial charge is 0.0992 e. The van der Waals surface area contributed by atoms with Crippen LogP contribution >= 0.6 is 0 Å². The van der Waals surface area contributed by atoms with Crippen molar-refractivity contribution in [1.82, 2.24) is 0 Å². The van der Waals surface area contributed by atoms with Crippen LogP contribution in [0, 0.1) is 11.3 Å². The van der Waals surface area contributed by atoms with Gasteiger partial charge in [0.1, 0.15) is 0 Å². The van der Waals surface area contributed by atoms with E-state index in [9.17, 15) is 5.11 Å². The van der Waals surface area contributed by atoms with E-state index < -0.39 is 6.10 Å². The fourth-order valence-electron chi connectivity index (χ4n) is 1.47. The topological polar surface area (TPSA) is 47.3 Å². The van der Waals surface area contributed by atoms with Crippen molar-refractivity contribution in [3.8, 4) is 6.07 Å². The molecule has 3 nitrogen and oxygen atoms in total. The lowest BCUT2D eigenvalue weighted by Crippen LogP contribution is -2.18. The van der Waals surface area contributed by atoms with Crippen LogP contribution in [0.3, 0.4) is 0 Å². The molecule has 1 atom stereocenters. The lowest BCUT2D eigenvalue weighted by Gasteiger charge is -2.22. The summed E-state index contributed by atoms with van der Waals surface area (Å²) >= 11 is 0. The number of nitrogens with zero attached hydrogens (tertiary/aromatic N) is 2. The van der Waals surface area contributed by atoms with E-state index in [4.69, 9.17) is 5.26 Å². The number of hydrogen-bond donors (Lipinski definition) is 1. The molecule has 0 amide bonds. The molecule has 0 spiro atoms. The molecule has 0 fully saturated rings. The average molecular weight is 204 g/mol. The molecule has 15 heavy (non-hydrogen) atoms. The second-order valence-corrected chi connectivity index (χ2v) is 3.58. The highest BCUT2D eigenvalue weighted by Gasteiger charge is 2.11. The first-order valence-electron chi connectivity index (χ1n) is 5.03. The van der Waals surface area contributed by atoms with E-state index in [0.717, 1.165) is 17.8 Å². The number of anilines is 1. The summed E-state index contributed by atoms with van der Waals surface area (Å²) in [6, 6.07) is 7.46. The second-order valence-electron chi connectivity index (χ2n) is 3.58. The highest BCUT2D eigenvalue weighted by atomic mass is 16.3. The normalized spacial score (nSPS) is 11.9. The number of aliphatic hydroxyl groups is 1. The maximum atomic E-state index is 9.60. The van der Waals surface area contributed by atoms with Gasteiger partial charge in [-0.1, -0.05) is 6.07 Å². The molecule has 0 saturated carbocycles. The molecular weight excluding hydrogens is 188 g/mol. The minimum absolute atomic E-state index is 0.512. The minimum atomic E-state index is -0.512. The van der Waals surface area contributed by atoms with Gasteiger partial charge in [0.2, 0.25) is 0 Å². The van der Waals surface area contributed by atoms with Gasteiger partial charge in [-0.25, -0.2) is 0 Å². The van der Waals surface area contributed by atoms with Gasteiger partial charge in [0, 0.05) is 24.8 Å². The fourth-order valence-corrected chi connectivity index (χ4v) is 1.47. The molecule has 0 unspecified atom stereocenters. The maximum absolute atomic E-state index is 9.60. The van der Waals surface area contributed by atoms with Gasteiger partial charge < -0.3 is 10.0 Å². The van der Waals surface area contributed by atoms with Gasteiger partial charge in [-0.05, 0) is 26.0 Å². The van der Waals surface area contributed by atoms with Crippen molar-refractivity contribution in [3.05, 3.63) is 29.3 Å². The third-order valence-electron chi connectivity index (χ3n) is 2.50. The van der Waals surface area contributed by atoms with Crippen LogP contribution in [0.2, 0.25) is 0 Å². The van der Waals surface area contributed by atoms with Crippen LogP contribution < -0.4 is 4.90 Å². The van der Waals surface area contributed by atoms with Crippen molar-refractivity contribution < 1.29 is 5.11 Å². The standard InChI is InChI=1S/C12H16N2O/c1-4-14(3)12-7-10(8-13)5-6-11(12)9(2)15/h5-7,9,15H,4H2,1-3H3/t9-/m0/s1. The molecule has 0 saturated heterocycles.